The molecule has 1 aromatic rings. The summed E-state index contributed by atoms with van der Waals surface area (Å²) in [6.45, 7) is 4.51. The summed E-state index contributed by atoms with van der Waals surface area (Å²) in [4.78, 5) is 84.3. The van der Waals surface area contributed by atoms with Gasteiger partial charge >= 0.3 is 5.97 Å². The summed E-state index contributed by atoms with van der Waals surface area (Å²) < 4.78 is 0. The minimum absolute atomic E-state index is 0.0242. The van der Waals surface area contributed by atoms with Gasteiger partial charge in [0.2, 0.25) is 29.5 Å². The number of rotatable bonds is 17. The van der Waals surface area contributed by atoms with Crippen LogP contribution in [0.15, 0.2) is 24.3 Å². The molecule has 0 fully saturated rings. The molecule has 1 rings (SSSR count). The number of amides is 5. The fraction of sp³-hybridized carbons (Fsp3) is 0.500. The molecule has 0 aliphatic rings. The van der Waals surface area contributed by atoms with Crippen molar-refractivity contribution in [3.63, 3.8) is 0 Å². The van der Waals surface area contributed by atoms with Crippen molar-refractivity contribution < 1.29 is 43.8 Å². The summed E-state index contributed by atoms with van der Waals surface area (Å²) in [5.41, 5.74) is 5.82. The second-order valence-corrected chi connectivity index (χ2v) is 9.63. The van der Waals surface area contributed by atoms with Gasteiger partial charge in [-0.05, 0) is 30.0 Å². The second kappa shape index (κ2) is 16.5. The highest BCUT2D eigenvalue weighted by molar-refractivity contribution is 5.94. The van der Waals surface area contributed by atoms with Gasteiger partial charge in [0, 0.05) is 32.2 Å². The lowest BCUT2D eigenvalue weighted by atomic mass is 10.00. The zero-order valence-corrected chi connectivity index (χ0v) is 22.6. The number of phenols is 1. The smallest absolute Gasteiger partial charge is 0.305 e. The van der Waals surface area contributed by atoms with Crippen LogP contribution in [0, 0.1) is 5.92 Å². The molecule has 0 unspecified atom stereocenters. The summed E-state index contributed by atoms with van der Waals surface area (Å²) in [6.07, 6.45) is -0.835. The van der Waals surface area contributed by atoms with Gasteiger partial charge in [0.05, 0.1) is 6.42 Å². The molecule has 0 saturated heterocycles. The van der Waals surface area contributed by atoms with Crippen LogP contribution < -0.4 is 27.0 Å². The van der Waals surface area contributed by atoms with Crippen molar-refractivity contribution in [3.05, 3.63) is 29.8 Å². The lowest BCUT2D eigenvalue weighted by Gasteiger charge is -2.28. The largest absolute Gasteiger partial charge is 0.508 e. The summed E-state index contributed by atoms with van der Waals surface area (Å²) in [5, 5.41) is 28.5. The third-order valence-corrected chi connectivity index (χ3v) is 5.78. The SMILES string of the molecule is CC(=O)N[C@@H](Cc1ccc(O)cc1)C(=O)N[C@H](C(=O)N[C@@H](CCC(N)=O)C(=O)N[C@H](CC=O)CC(=O)O)C(C)C. The van der Waals surface area contributed by atoms with Crippen molar-refractivity contribution in [1.82, 2.24) is 21.3 Å². The lowest BCUT2D eigenvalue weighted by molar-refractivity contribution is -0.138. The molecule has 220 valence electrons. The van der Waals surface area contributed by atoms with E-state index in [1.54, 1.807) is 26.0 Å². The van der Waals surface area contributed by atoms with Gasteiger partial charge in [0.15, 0.2) is 0 Å². The van der Waals surface area contributed by atoms with Crippen LogP contribution in [-0.4, -0.2) is 76.2 Å². The molecule has 5 amide bonds. The first-order chi connectivity index (χ1) is 18.7. The Hall–Kier alpha value is -4.49. The molecule has 0 spiro atoms. The van der Waals surface area contributed by atoms with E-state index in [4.69, 9.17) is 10.8 Å². The predicted octanol–water partition coefficient (Wildman–Crippen LogP) is -1.12. The zero-order chi connectivity index (χ0) is 30.4. The molecule has 0 aliphatic heterocycles. The molecule has 4 atom stereocenters. The number of aliphatic carboxylic acids is 1. The maximum atomic E-state index is 13.2. The number of carboxylic acids is 1. The van der Waals surface area contributed by atoms with E-state index in [0.29, 0.717) is 11.8 Å². The van der Waals surface area contributed by atoms with Gasteiger partial charge in [-0.15, -0.1) is 0 Å². The summed E-state index contributed by atoms with van der Waals surface area (Å²) in [6, 6.07) is 1.40. The van der Waals surface area contributed by atoms with Gasteiger partial charge in [-0.3, -0.25) is 28.8 Å². The third-order valence-electron chi connectivity index (χ3n) is 5.78. The minimum atomic E-state index is -1.33. The van der Waals surface area contributed by atoms with Gasteiger partial charge in [-0.25, -0.2) is 0 Å². The Labute approximate surface area is 231 Å². The number of phenolic OH excluding ortho intramolecular Hbond substituents is 1. The van der Waals surface area contributed by atoms with Gasteiger partial charge in [-0.1, -0.05) is 26.0 Å². The Morgan fingerprint density at radius 1 is 0.900 bits per heavy atom. The van der Waals surface area contributed by atoms with Gasteiger partial charge in [-0.2, -0.15) is 0 Å². The number of carboxylic acid groups (broad SMARTS) is 1. The van der Waals surface area contributed by atoms with Gasteiger partial charge in [0.25, 0.3) is 0 Å². The monoisotopic (exact) mass is 563 g/mol. The number of primary amides is 1. The van der Waals surface area contributed by atoms with E-state index in [9.17, 15) is 38.7 Å². The van der Waals surface area contributed by atoms with Crippen LogP contribution in [-0.2, 0) is 40.0 Å². The molecule has 0 saturated carbocycles. The molecule has 0 bridgehead atoms. The molecule has 0 radical (unpaired) electrons. The van der Waals surface area contributed by atoms with Crippen LogP contribution in [0.5, 0.6) is 5.75 Å². The van der Waals surface area contributed by atoms with Crippen LogP contribution >= 0.6 is 0 Å². The second-order valence-electron chi connectivity index (χ2n) is 9.63. The van der Waals surface area contributed by atoms with Gasteiger partial charge < -0.3 is 42.0 Å². The Bertz CT molecular complexity index is 1070. The summed E-state index contributed by atoms with van der Waals surface area (Å²) >= 11 is 0. The number of nitrogens with two attached hydrogens (primary N) is 1. The minimum Gasteiger partial charge on any atom is -0.508 e. The third kappa shape index (κ3) is 12.4. The molecule has 14 nitrogen and oxygen atoms in total. The van der Waals surface area contributed by atoms with E-state index >= 15 is 0 Å². The first kappa shape index (κ1) is 33.5. The van der Waals surface area contributed by atoms with Crippen LogP contribution in [0.4, 0.5) is 0 Å². The summed E-state index contributed by atoms with van der Waals surface area (Å²) in [7, 11) is 0. The van der Waals surface area contributed by atoms with E-state index < -0.39 is 72.0 Å². The highest BCUT2D eigenvalue weighted by Crippen LogP contribution is 2.12. The average molecular weight is 564 g/mol. The van der Waals surface area contributed by atoms with Crippen molar-refractivity contribution >= 4 is 41.8 Å². The fourth-order valence-corrected chi connectivity index (χ4v) is 3.75. The molecule has 40 heavy (non-hydrogen) atoms. The number of carbonyl (C=O) groups is 7. The zero-order valence-electron chi connectivity index (χ0n) is 22.6. The molecular weight excluding hydrogens is 526 g/mol. The Balaban J connectivity index is 3.09. The molecule has 0 aromatic heterocycles. The van der Waals surface area contributed by atoms with Crippen molar-refractivity contribution in [2.45, 2.75) is 77.0 Å². The maximum absolute atomic E-state index is 13.2. The Morgan fingerprint density at radius 3 is 2.00 bits per heavy atom. The molecule has 1 aromatic carbocycles. The van der Waals surface area contributed by atoms with Crippen molar-refractivity contribution in [2.75, 3.05) is 0 Å². The highest BCUT2D eigenvalue weighted by Gasteiger charge is 2.32. The molecular formula is C26H37N5O9. The number of aromatic hydroxyl groups is 1. The topological polar surface area (TPSA) is 234 Å². The van der Waals surface area contributed by atoms with Crippen LogP contribution in [0.3, 0.4) is 0 Å². The predicted molar refractivity (Wildman–Crippen MR) is 141 cm³/mol. The molecule has 8 N–H and O–H groups in total. The average Bonchev–Trinajstić information content (AvgIpc) is 2.84. The first-order valence-electron chi connectivity index (χ1n) is 12.6. The molecule has 0 heterocycles. The standard InChI is InChI=1S/C26H37N5O9/c1-14(2)23(31-25(39)20(28-15(3)33)12-16-4-6-18(34)7-5-16)26(40)30-19(8-9-21(27)35)24(38)29-17(10-11-32)13-22(36)37/h4-7,11,14,17,19-20,23,34H,8-10,12-13H2,1-3H3,(H2,27,35)(H,28,33)(H,29,38)(H,30,40)(H,31,39)(H,36,37)/t17-,19+,20+,23+/m1/s1. The Kier molecular flexibility index (Phi) is 13.8. The lowest BCUT2D eigenvalue weighted by Crippen LogP contribution is -2.59. The summed E-state index contributed by atoms with van der Waals surface area (Å²) in [5.74, 6) is -5.23. The number of aldehydes is 1. The number of nitrogens with one attached hydrogen (secondary N) is 4. The number of hydrogen-bond donors (Lipinski definition) is 7. The highest BCUT2D eigenvalue weighted by atomic mass is 16.4. The number of benzene rings is 1. The van der Waals surface area contributed by atoms with Crippen molar-refractivity contribution in [3.8, 4) is 5.75 Å². The number of hydrogen-bond acceptors (Lipinski definition) is 8. The quantitative estimate of drug-likeness (QED) is 0.114. The maximum Gasteiger partial charge on any atom is 0.305 e. The van der Waals surface area contributed by atoms with E-state index in [2.05, 4.69) is 21.3 Å². The number of carbonyl (C=O) groups excluding carboxylic acids is 6. The normalized spacial score (nSPS) is 13.7. The first-order valence-corrected chi connectivity index (χ1v) is 12.6. The van der Waals surface area contributed by atoms with Crippen molar-refractivity contribution in [2.24, 2.45) is 11.7 Å². The van der Waals surface area contributed by atoms with E-state index in [1.165, 1.54) is 19.1 Å². The Morgan fingerprint density at radius 2 is 1.50 bits per heavy atom. The molecule has 0 aliphatic carbocycles. The van der Waals surface area contributed by atoms with E-state index in [1.807, 2.05) is 0 Å². The van der Waals surface area contributed by atoms with Crippen LogP contribution in [0.2, 0.25) is 0 Å². The van der Waals surface area contributed by atoms with Crippen molar-refractivity contribution in [1.29, 1.82) is 0 Å². The van der Waals surface area contributed by atoms with Crippen LogP contribution in [0.25, 0.3) is 0 Å². The van der Waals surface area contributed by atoms with E-state index in [0.717, 1.165) is 0 Å². The van der Waals surface area contributed by atoms with E-state index in [-0.39, 0.29) is 31.4 Å². The van der Waals surface area contributed by atoms with Crippen LogP contribution in [0.1, 0.15) is 52.0 Å². The molecule has 14 heteroatoms. The fourth-order valence-electron chi connectivity index (χ4n) is 3.75. The van der Waals surface area contributed by atoms with Gasteiger partial charge in [0.1, 0.15) is 30.2 Å².